The van der Waals surface area contributed by atoms with E-state index in [1.54, 1.807) is 35.8 Å². The van der Waals surface area contributed by atoms with Crippen LogP contribution in [0.3, 0.4) is 0 Å². The van der Waals surface area contributed by atoms with E-state index < -0.39 is 36.0 Å². The number of nitrogens with one attached hydrogen (secondary N) is 2. The Labute approximate surface area is 303 Å². The van der Waals surface area contributed by atoms with Crippen LogP contribution in [0.15, 0.2) is 24.3 Å². The first kappa shape index (κ1) is 38.3. The molecule has 15 nitrogen and oxygen atoms in total. The van der Waals surface area contributed by atoms with Gasteiger partial charge in [0.25, 0.3) is 11.8 Å². The number of amides is 5. The Bertz CT molecular complexity index is 1640. The van der Waals surface area contributed by atoms with Crippen LogP contribution in [0.4, 0.5) is 4.79 Å². The number of carbonyl (C=O) groups is 6. The third-order valence-corrected chi connectivity index (χ3v) is 9.75. The topological polar surface area (TPSA) is 177 Å². The fraction of sp³-hybridized carbons (Fsp3) is 0.595. The van der Waals surface area contributed by atoms with Gasteiger partial charge in [0.15, 0.2) is 6.61 Å². The summed E-state index contributed by atoms with van der Waals surface area (Å²) in [5, 5.41) is 6.46. The molecule has 5 amide bonds. The van der Waals surface area contributed by atoms with Gasteiger partial charge in [-0.2, -0.15) is 0 Å². The molecule has 2 N–H and O–H groups in total. The SMILES string of the molecule is CCOC(=O)CCC(NC(=O)c1cc(OCC(=O)N2CCCC2C(=O)NC2CCCC2)c2ccc(C)cc2n1)C(=O)N1CCN(C(=O)OCC)CC1. The number of ether oxygens (including phenoxy) is 3. The lowest BCUT2D eigenvalue weighted by molar-refractivity contribution is -0.143. The van der Waals surface area contributed by atoms with Gasteiger partial charge in [-0.3, -0.25) is 24.0 Å². The van der Waals surface area contributed by atoms with E-state index in [0.29, 0.717) is 30.3 Å². The van der Waals surface area contributed by atoms with Crippen molar-refractivity contribution in [3.05, 3.63) is 35.5 Å². The van der Waals surface area contributed by atoms with Crippen molar-refractivity contribution in [2.24, 2.45) is 0 Å². The maximum atomic E-state index is 13.8. The molecule has 2 unspecified atom stereocenters. The molecule has 15 heteroatoms. The van der Waals surface area contributed by atoms with Crippen molar-refractivity contribution in [1.29, 1.82) is 0 Å². The second-order valence-corrected chi connectivity index (χ2v) is 13.4. The zero-order valence-corrected chi connectivity index (χ0v) is 30.3. The van der Waals surface area contributed by atoms with Crippen LogP contribution >= 0.6 is 0 Å². The highest BCUT2D eigenvalue weighted by Crippen LogP contribution is 2.28. The minimum atomic E-state index is -1.09. The fourth-order valence-corrected chi connectivity index (χ4v) is 7.00. The monoisotopic (exact) mass is 722 g/mol. The lowest BCUT2D eigenvalue weighted by Gasteiger charge is -2.36. The number of benzene rings is 1. The first-order valence-corrected chi connectivity index (χ1v) is 18.4. The molecule has 52 heavy (non-hydrogen) atoms. The van der Waals surface area contributed by atoms with Crippen LogP contribution in [0.5, 0.6) is 5.75 Å². The number of rotatable bonds is 13. The molecule has 2 atom stereocenters. The van der Waals surface area contributed by atoms with Gasteiger partial charge in [0, 0.05) is 56.6 Å². The molecule has 1 aromatic heterocycles. The number of piperazine rings is 1. The lowest BCUT2D eigenvalue weighted by Crippen LogP contribution is -2.56. The maximum Gasteiger partial charge on any atom is 0.409 e. The van der Waals surface area contributed by atoms with E-state index in [1.165, 1.54) is 11.0 Å². The van der Waals surface area contributed by atoms with E-state index in [1.807, 2.05) is 13.0 Å². The maximum absolute atomic E-state index is 13.8. The highest BCUT2D eigenvalue weighted by molar-refractivity contribution is 5.99. The van der Waals surface area contributed by atoms with Gasteiger partial charge >= 0.3 is 12.1 Å². The van der Waals surface area contributed by atoms with E-state index in [2.05, 4.69) is 15.6 Å². The summed E-state index contributed by atoms with van der Waals surface area (Å²) in [4.78, 5) is 87.7. The van der Waals surface area contributed by atoms with Crippen LogP contribution in [0, 0.1) is 6.92 Å². The molecule has 3 aliphatic rings. The summed E-state index contributed by atoms with van der Waals surface area (Å²) >= 11 is 0. The predicted molar refractivity (Wildman–Crippen MR) is 189 cm³/mol. The van der Waals surface area contributed by atoms with E-state index >= 15 is 0 Å². The number of esters is 1. The van der Waals surface area contributed by atoms with Gasteiger partial charge in [0.2, 0.25) is 11.8 Å². The number of likely N-dealkylation sites (tertiary alicyclic amines) is 1. The van der Waals surface area contributed by atoms with Crippen molar-refractivity contribution in [2.45, 2.75) is 90.3 Å². The Balaban J connectivity index is 1.30. The largest absolute Gasteiger partial charge is 0.483 e. The minimum absolute atomic E-state index is 0.0165. The van der Waals surface area contributed by atoms with Gasteiger partial charge in [-0.05, 0) is 70.6 Å². The molecule has 1 aliphatic carbocycles. The fourth-order valence-electron chi connectivity index (χ4n) is 7.00. The quantitative estimate of drug-likeness (QED) is 0.293. The van der Waals surface area contributed by atoms with Gasteiger partial charge in [-0.1, -0.05) is 18.9 Å². The number of aryl methyl sites for hydroxylation is 1. The summed E-state index contributed by atoms with van der Waals surface area (Å²) in [6, 6.07) is 5.40. The van der Waals surface area contributed by atoms with Crippen molar-refractivity contribution in [3.63, 3.8) is 0 Å². The van der Waals surface area contributed by atoms with Crippen molar-refractivity contribution < 1.29 is 43.0 Å². The Hall–Kier alpha value is -4.95. The molecule has 1 aromatic carbocycles. The summed E-state index contributed by atoms with van der Waals surface area (Å²) in [6.07, 6.45) is 4.81. The Morgan fingerprint density at radius 2 is 1.60 bits per heavy atom. The number of aromatic nitrogens is 1. The highest BCUT2D eigenvalue weighted by atomic mass is 16.6. The average Bonchev–Trinajstić information content (AvgIpc) is 3.85. The Morgan fingerprint density at radius 3 is 2.31 bits per heavy atom. The Kier molecular flexibility index (Phi) is 13.3. The molecule has 0 bridgehead atoms. The van der Waals surface area contributed by atoms with Crippen LogP contribution in [-0.2, 0) is 28.7 Å². The van der Waals surface area contributed by atoms with Crippen LogP contribution < -0.4 is 15.4 Å². The molecule has 0 radical (unpaired) electrons. The standard InChI is InChI=1S/C37H50N6O9/c1-4-50-33(45)15-14-27(36(48)41-17-19-42(20-18-41)37(49)51-5-2)40-34(46)29-22-31(26-13-12-24(3)21-28(26)39-29)52-23-32(44)43-16-8-11-30(43)35(47)38-25-9-6-7-10-25/h12-13,21-22,25,27,30H,4-11,14-20,23H2,1-3H3,(H,38,47)(H,40,46). The number of hydrogen-bond acceptors (Lipinski definition) is 10. The second kappa shape index (κ2) is 18.0. The van der Waals surface area contributed by atoms with Gasteiger partial charge in [0.1, 0.15) is 23.5 Å². The molecule has 282 valence electrons. The average molecular weight is 723 g/mol. The number of nitrogens with zero attached hydrogens (tertiary/aromatic N) is 4. The van der Waals surface area contributed by atoms with Crippen LogP contribution in [0.1, 0.15) is 81.3 Å². The molecule has 0 spiro atoms. The molecule has 3 heterocycles. The van der Waals surface area contributed by atoms with Crippen molar-refractivity contribution in [2.75, 3.05) is 52.5 Å². The van der Waals surface area contributed by atoms with E-state index in [0.717, 1.165) is 31.2 Å². The summed E-state index contributed by atoms with van der Waals surface area (Å²) < 4.78 is 16.2. The first-order valence-electron chi connectivity index (χ1n) is 18.4. The van der Waals surface area contributed by atoms with Gasteiger partial charge in [0.05, 0.1) is 18.7 Å². The number of pyridine rings is 1. The van der Waals surface area contributed by atoms with E-state index in [9.17, 15) is 28.8 Å². The highest BCUT2D eigenvalue weighted by Gasteiger charge is 2.36. The summed E-state index contributed by atoms with van der Waals surface area (Å²) in [6.45, 7) is 6.78. The van der Waals surface area contributed by atoms with E-state index in [4.69, 9.17) is 14.2 Å². The molecular weight excluding hydrogens is 672 g/mol. The predicted octanol–water partition coefficient (Wildman–Crippen LogP) is 2.71. The van der Waals surface area contributed by atoms with Crippen molar-refractivity contribution >= 4 is 46.6 Å². The summed E-state index contributed by atoms with van der Waals surface area (Å²) in [5.41, 5.74) is 1.29. The van der Waals surface area contributed by atoms with Gasteiger partial charge in [-0.15, -0.1) is 0 Å². The molecule has 2 saturated heterocycles. The smallest absolute Gasteiger partial charge is 0.409 e. The van der Waals surface area contributed by atoms with Gasteiger partial charge < -0.3 is 39.5 Å². The lowest BCUT2D eigenvalue weighted by atomic mass is 10.1. The van der Waals surface area contributed by atoms with E-state index in [-0.39, 0.29) is 88.1 Å². The Morgan fingerprint density at radius 1 is 0.885 bits per heavy atom. The number of fused-ring (bicyclic) bond motifs is 1. The summed E-state index contributed by atoms with van der Waals surface area (Å²) in [7, 11) is 0. The van der Waals surface area contributed by atoms with Crippen LogP contribution in [0.2, 0.25) is 0 Å². The molecular formula is C37H50N6O9. The summed E-state index contributed by atoms with van der Waals surface area (Å²) in [5.74, 6) is -1.79. The van der Waals surface area contributed by atoms with Crippen molar-refractivity contribution in [3.8, 4) is 5.75 Å². The first-order chi connectivity index (χ1) is 25.1. The van der Waals surface area contributed by atoms with Gasteiger partial charge in [-0.25, -0.2) is 9.78 Å². The van der Waals surface area contributed by atoms with Crippen molar-refractivity contribution in [1.82, 2.24) is 30.3 Å². The van der Waals surface area contributed by atoms with Crippen LogP contribution in [-0.4, -0.2) is 126 Å². The second-order valence-electron chi connectivity index (χ2n) is 13.4. The molecule has 1 saturated carbocycles. The third kappa shape index (κ3) is 9.68. The molecule has 2 aromatic rings. The minimum Gasteiger partial charge on any atom is -0.483 e. The zero-order chi connectivity index (χ0) is 37.2. The molecule has 2 aliphatic heterocycles. The van der Waals surface area contributed by atoms with Crippen LogP contribution in [0.25, 0.3) is 10.9 Å². The zero-order valence-electron chi connectivity index (χ0n) is 30.3. The molecule has 5 rings (SSSR count). The number of hydrogen-bond donors (Lipinski definition) is 2. The normalized spacial score (nSPS) is 18.2. The number of carbonyl (C=O) groups excluding carboxylic acids is 6. The molecule has 3 fully saturated rings. The third-order valence-electron chi connectivity index (χ3n) is 9.75.